The zero-order chi connectivity index (χ0) is 13.4. The molecule has 1 saturated heterocycles. The Kier molecular flexibility index (Phi) is 3.27. The first-order valence-corrected chi connectivity index (χ1v) is 7.16. The van der Waals surface area contributed by atoms with E-state index in [-0.39, 0.29) is 0 Å². The number of imidazole rings is 1. The van der Waals surface area contributed by atoms with Gasteiger partial charge in [0.1, 0.15) is 0 Å². The van der Waals surface area contributed by atoms with Gasteiger partial charge < -0.3 is 0 Å². The highest BCUT2D eigenvalue weighted by molar-refractivity contribution is 5.34. The third-order valence-electron chi connectivity index (χ3n) is 4.07. The largest absolute Gasteiger partial charge is 0.297 e. The number of hydrogen-bond donors (Lipinski definition) is 0. The van der Waals surface area contributed by atoms with Crippen molar-refractivity contribution in [3.63, 3.8) is 0 Å². The fourth-order valence-corrected chi connectivity index (χ4v) is 2.84. The number of likely N-dealkylation sites (tertiary alicyclic amines) is 1. The van der Waals surface area contributed by atoms with E-state index in [0.717, 1.165) is 29.6 Å². The van der Waals surface area contributed by atoms with Gasteiger partial charge in [-0.25, -0.2) is 9.97 Å². The lowest BCUT2D eigenvalue weighted by molar-refractivity contribution is 0.183. The molecule has 19 heavy (non-hydrogen) atoms. The standard InChI is InChI=1S/C15H22N4/c1-11-4-6-18(7-5-11)9-14-10-19-13(3)8-12(2)16-15(19)17-14/h8,10-11H,4-7,9H2,1-3H3. The molecule has 2 aromatic heterocycles. The van der Waals surface area contributed by atoms with Crippen LogP contribution in [0.15, 0.2) is 12.3 Å². The Labute approximate surface area is 114 Å². The minimum Gasteiger partial charge on any atom is -0.297 e. The van der Waals surface area contributed by atoms with Crippen LogP contribution in [0.3, 0.4) is 0 Å². The van der Waals surface area contributed by atoms with Gasteiger partial charge in [-0.15, -0.1) is 0 Å². The minimum atomic E-state index is 0.831. The van der Waals surface area contributed by atoms with E-state index >= 15 is 0 Å². The molecule has 0 radical (unpaired) electrons. The molecule has 0 unspecified atom stereocenters. The molecule has 3 heterocycles. The molecule has 0 saturated carbocycles. The zero-order valence-electron chi connectivity index (χ0n) is 12.1. The monoisotopic (exact) mass is 258 g/mol. The van der Waals surface area contributed by atoms with Crippen molar-refractivity contribution < 1.29 is 0 Å². The Balaban J connectivity index is 1.80. The number of aromatic nitrogens is 3. The van der Waals surface area contributed by atoms with Crippen LogP contribution >= 0.6 is 0 Å². The van der Waals surface area contributed by atoms with Crippen LogP contribution < -0.4 is 0 Å². The van der Waals surface area contributed by atoms with Crippen LogP contribution in [-0.4, -0.2) is 32.4 Å². The molecular formula is C15H22N4. The summed E-state index contributed by atoms with van der Waals surface area (Å²) in [6, 6.07) is 2.10. The third-order valence-corrected chi connectivity index (χ3v) is 4.07. The maximum Gasteiger partial charge on any atom is 0.234 e. The summed E-state index contributed by atoms with van der Waals surface area (Å²) in [5.74, 6) is 1.71. The molecular weight excluding hydrogens is 236 g/mol. The summed E-state index contributed by atoms with van der Waals surface area (Å²) in [5.41, 5.74) is 3.37. The number of fused-ring (bicyclic) bond motifs is 1. The molecule has 0 atom stereocenters. The minimum absolute atomic E-state index is 0.831. The van der Waals surface area contributed by atoms with Gasteiger partial charge in [-0.1, -0.05) is 6.92 Å². The summed E-state index contributed by atoms with van der Waals surface area (Å²) < 4.78 is 2.09. The molecule has 4 heteroatoms. The van der Waals surface area contributed by atoms with Crippen LogP contribution in [0.25, 0.3) is 5.78 Å². The number of piperidine rings is 1. The highest BCUT2D eigenvalue weighted by Crippen LogP contribution is 2.18. The summed E-state index contributed by atoms with van der Waals surface area (Å²) in [5, 5.41) is 0. The molecule has 0 spiro atoms. The zero-order valence-corrected chi connectivity index (χ0v) is 12.1. The Morgan fingerprint density at radius 3 is 2.68 bits per heavy atom. The Morgan fingerprint density at radius 2 is 1.95 bits per heavy atom. The highest BCUT2D eigenvalue weighted by Gasteiger charge is 2.17. The van der Waals surface area contributed by atoms with Gasteiger partial charge in [0, 0.05) is 24.1 Å². The average molecular weight is 258 g/mol. The molecule has 3 rings (SSSR count). The van der Waals surface area contributed by atoms with Crippen molar-refractivity contribution in [1.82, 2.24) is 19.3 Å². The van der Waals surface area contributed by atoms with Gasteiger partial charge in [0.15, 0.2) is 0 Å². The Bertz CT molecular complexity index is 579. The SMILES string of the molecule is Cc1cc(C)n2cc(CN3CCC(C)CC3)nc2n1. The van der Waals surface area contributed by atoms with Gasteiger partial charge >= 0.3 is 0 Å². The van der Waals surface area contributed by atoms with Crippen molar-refractivity contribution >= 4 is 5.78 Å². The van der Waals surface area contributed by atoms with E-state index < -0.39 is 0 Å². The van der Waals surface area contributed by atoms with Crippen molar-refractivity contribution in [2.24, 2.45) is 5.92 Å². The number of aryl methyl sites for hydroxylation is 2. The van der Waals surface area contributed by atoms with E-state index in [0.29, 0.717) is 0 Å². The van der Waals surface area contributed by atoms with Crippen LogP contribution in [0.2, 0.25) is 0 Å². The van der Waals surface area contributed by atoms with Crippen LogP contribution in [0.1, 0.15) is 36.8 Å². The summed E-state index contributed by atoms with van der Waals surface area (Å²) in [7, 11) is 0. The van der Waals surface area contributed by atoms with Crippen molar-refractivity contribution in [3.05, 3.63) is 29.3 Å². The second-order valence-corrected chi connectivity index (χ2v) is 5.90. The topological polar surface area (TPSA) is 33.4 Å². The van der Waals surface area contributed by atoms with E-state index in [4.69, 9.17) is 0 Å². The van der Waals surface area contributed by atoms with Gasteiger partial charge in [0.05, 0.1) is 5.69 Å². The average Bonchev–Trinajstić information content (AvgIpc) is 2.75. The van der Waals surface area contributed by atoms with E-state index in [1.54, 1.807) is 0 Å². The first kappa shape index (κ1) is 12.6. The van der Waals surface area contributed by atoms with Gasteiger partial charge in [-0.3, -0.25) is 9.30 Å². The first-order chi connectivity index (χ1) is 9.11. The van der Waals surface area contributed by atoms with Crippen LogP contribution in [0, 0.1) is 19.8 Å². The van der Waals surface area contributed by atoms with Gasteiger partial charge in [0.25, 0.3) is 0 Å². The lowest BCUT2D eigenvalue weighted by Crippen LogP contribution is -2.32. The molecule has 0 N–H and O–H groups in total. The lowest BCUT2D eigenvalue weighted by atomic mass is 9.99. The first-order valence-electron chi connectivity index (χ1n) is 7.16. The molecule has 2 aromatic rings. The smallest absolute Gasteiger partial charge is 0.234 e. The Hall–Kier alpha value is -1.42. The normalized spacial score (nSPS) is 18.3. The summed E-state index contributed by atoms with van der Waals surface area (Å²) in [4.78, 5) is 11.7. The van der Waals surface area contributed by atoms with Gasteiger partial charge in [0.2, 0.25) is 5.78 Å². The quantitative estimate of drug-likeness (QED) is 0.830. The van der Waals surface area contributed by atoms with E-state index in [2.05, 4.69) is 45.4 Å². The maximum atomic E-state index is 4.66. The molecule has 102 valence electrons. The number of nitrogens with zero attached hydrogens (tertiary/aromatic N) is 4. The predicted molar refractivity (Wildman–Crippen MR) is 76.1 cm³/mol. The number of hydrogen-bond acceptors (Lipinski definition) is 3. The van der Waals surface area contributed by atoms with Crippen molar-refractivity contribution in [1.29, 1.82) is 0 Å². The van der Waals surface area contributed by atoms with Crippen LogP contribution in [-0.2, 0) is 6.54 Å². The van der Waals surface area contributed by atoms with Gasteiger partial charge in [-0.2, -0.15) is 0 Å². The molecule has 1 aliphatic heterocycles. The second kappa shape index (κ2) is 4.93. The fourth-order valence-electron chi connectivity index (χ4n) is 2.84. The molecule has 1 aliphatic rings. The fraction of sp³-hybridized carbons (Fsp3) is 0.600. The molecule has 1 fully saturated rings. The molecule has 0 aliphatic carbocycles. The molecule has 0 bridgehead atoms. The van der Waals surface area contributed by atoms with E-state index in [1.165, 1.54) is 31.6 Å². The maximum absolute atomic E-state index is 4.66. The summed E-state index contributed by atoms with van der Waals surface area (Å²) in [6.45, 7) is 9.82. The third kappa shape index (κ3) is 2.63. The van der Waals surface area contributed by atoms with Crippen LogP contribution in [0.5, 0.6) is 0 Å². The Morgan fingerprint density at radius 1 is 1.21 bits per heavy atom. The van der Waals surface area contributed by atoms with E-state index in [1.807, 2.05) is 6.92 Å². The second-order valence-electron chi connectivity index (χ2n) is 5.90. The highest BCUT2D eigenvalue weighted by atomic mass is 15.2. The summed E-state index contributed by atoms with van der Waals surface area (Å²) in [6.07, 6.45) is 4.75. The molecule has 4 nitrogen and oxygen atoms in total. The van der Waals surface area contributed by atoms with Crippen molar-refractivity contribution in [2.45, 2.75) is 40.2 Å². The van der Waals surface area contributed by atoms with Gasteiger partial charge in [-0.05, 0) is 51.8 Å². The predicted octanol–water partition coefficient (Wildman–Crippen LogP) is 2.58. The van der Waals surface area contributed by atoms with Crippen molar-refractivity contribution in [3.8, 4) is 0 Å². The number of rotatable bonds is 2. The van der Waals surface area contributed by atoms with Crippen LogP contribution in [0.4, 0.5) is 0 Å². The lowest BCUT2D eigenvalue weighted by Gasteiger charge is -2.29. The van der Waals surface area contributed by atoms with Crippen molar-refractivity contribution in [2.75, 3.05) is 13.1 Å². The summed E-state index contributed by atoms with van der Waals surface area (Å²) >= 11 is 0. The molecule has 0 aromatic carbocycles. The molecule has 0 amide bonds. The van der Waals surface area contributed by atoms with E-state index in [9.17, 15) is 0 Å².